The number of nitrogens with zero attached hydrogens (tertiary/aromatic N) is 1. The largest absolute Gasteiger partial charge is 0.309 e. The third-order valence-corrected chi connectivity index (χ3v) is 8.76. The van der Waals surface area contributed by atoms with Gasteiger partial charge in [0.25, 0.3) is 0 Å². The van der Waals surface area contributed by atoms with E-state index in [0.717, 1.165) is 0 Å². The van der Waals surface area contributed by atoms with Gasteiger partial charge >= 0.3 is 0 Å². The summed E-state index contributed by atoms with van der Waals surface area (Å²) < 4.78 is 5.05. The highest BCUT2D eigenvalue weighted by molar-refractivity contribution is 7.25. The molecule has 0 atom stereocenters. The summed E-state index contributed by atoms with van der Waals surface area (Å²) >= 11 is 1.87. The summed E-state index contributed by atoms with van der Waals surface area (Å²) in [7, 11) is 0. The van der Waals surface area contributed by atoms with Gasteiger partial charge in [0.2, 0.25) is 0 Å². The molecule has 0 aliphatic heterocycles. The Bertz CT molecular complexity index is 2130. The number of para-hydroxylation sites is 2. The predicted octanol–water partition coefficient (Wildman–Crippen LogP) is 10.5. The van der Waals surface area contributed by atoms with Crippen molar-refractivity contribution >= 4 is 53.3 Å². The molecule has 0 bridgehead atoms. The Labute approximate surface area is 224 Å². The van der Waals surface area contributed by atoms with Crippen molar-refractivity contribution < 1.29 is 0 Å². The van der Waals surface area contributed by atoms with Gasteiger partial charge in [-0.2, -0.15) is 0 Å². The number of fused-ring (bicyclic) bond motifs is 6. The van der Waals surface area contributed by atoms with Crippen LogP contribution in [0.3, 0.4) is 0 Å². The van der Waals surface area contributed by atoms with Crippen molar-refractivity contribution in [2.75, 3.05) is 0 Å². The average molecular weight is 502 g/mol. The van der Waals surface area contributed by atoms with Gasteiger partial charge in [-0.25, -0.2) is 0 Å². The number of rotatable bonds is 3. The second-order valence-electron chi connectivity index (χ2n) is 9.77. The van der Waals surface area contributed by atoms with Gasteiger partial charge in [-0.05, 0) is 70.8 Å². The first kappa shape index (κ1) is 21.4. The Morgan fingerprint density at radius 3 is 1.79 bits per heavy atom. The fraction of sp³-hybridized carbons (Fsp3) is 0. The van der Waals surface area contributed by atoms with Gasteiger partial charge in [0.15, 0.2) is 0 Å². The van der Waals surface area contributed by atoms with Crippen molar-refractivity contribution in [1.82, 2.24) is 4.57 Å². The van der Waals surface area contributed by atoms with E-state index < -0.39 is 0 Å². The van der Waals surface area contributed by atoms with E-state index in [1.807, 2.05) is 11.3 Å². The van der Waals surface area contributed by atoms with Crippen LogP contribution in [-0.4, -0.2) is 4.57 Å². The number of hydrogen-bond acceptors (Lipinski definition) is 1. The van der Waals surface area contributed by atoms with Crippen molar-refractivity contribution in [2.45, 2.75) is 0 Å². The fourth-order valence-corrected chi connectivity index (χ4v) is 6.96. The van der Waals surface area contributed by atoms with Crippen LogP contribution in [0.1, 0.15) is 0 Å². The monoisotopic (exact) mass is 501 g/mol. The summed E-state index contributed by atoms with van der Waals surface area (Å²) in [5, 5.41) is 5.22. The van der Waals surface area contributed by atoms with Crippen LogP contribution in [-0.2, 0) is 0 Å². The first-order chi connectivity index (χ1) is 18.8. The Kier molecular flexibility index (Phi) is 4.76. The molecule has 2 aromatic heterocycles. The average Bonchev–Trinajstić information content (AvgIpc) is 3.52. The van der Waals surface area contributed by atoms with E-state index in [1.165, 1.54) is 69.9 Å². The SMILES string of the molecule is c1ccc(-n2c3ccccc3c3cc(-c4ccccc4-c4ccc5sc6ccccc6c5c4)ccc32)cc1. The molecule has 38 heavy (non-hydrogen) atoms. The van der Waals surface area contributed by atoms with Gasteiger partial charge in [-0.15, -0.1) is 11.3 Å². The second-order valence-corrected chi connectivity index (χ2v) is 10.9. The first-order valence-electron chi connectivity index (χ1n) is 12.9. The van der Waals surface area contributed by atoms with Gasteiger partial charge in [-0.3, -0.25) is 0 Å². The van der Waals surface area contributed by atoms with Crippen LogP contribution in [0.5, 0.6) is 0 Å². The lowest BCUT2D eigenvalue weighted by Gasteiger charge is -2.12. The van der Waals surface area contributed by atoms with Crippen molar-refractivity contribution in [2.24, 2.45) is 0 Å². The van der Waals surface area contributed by atoms with Crippen molar-refractivity contribution in [1.29, 1.82) is 0 Å². The first-order valence-corrected chi connectivity index (χ1v) is 13.8. The summed E-state index contributed by atoms with van der Waals surface area (Å²) in [6.07, 6.45) is 0. The lowest BCUT2D eigenvalue weighted by Crippen LogP contribution is -1.93. The van der Waals surface area contributed by atoms with Crippen LogP contribution >= 0.6 is 11.3 Å². The minimum atomic E-state index is 1.18. The van der Waals surface area contributed by atoms with Gasteiger partial charge in [-0.1, -0.05) is 91.0 Å². The third-order valence-electron chi connectivity index (χ3n) is 7.61. The number of benzene rings is 6. The topological polar surface area (TPSA) is 4.93 Å². The maximum atomic E-state index is 2.37. The molecular weight excluding hydrogens is 478 g/mol. The van der Waals surface area contributed by atoms with Crippen LogP contribution in [0.25, 0.3) is 69.9 Å². The molecule has 0 unspecified atom stereocenters. The summed E-state index contributed by atoms with van der Waals surface area (Å²) in [6.45, 7) is 0. The Balaban J connectivity index is 1.34. The maximum absolute atomic E-state index is 2.37. The van der Waals surface area contributed by atoms with Crippen LogP contribution in [0.4, 0.5) is 0 Å². The molecule has 0 saturated heterocycles. The van der Waals surface area contributed by atoms with Gasteiger partial charge in [0.05, 0.1) is 11.0 Å². The number of thiophene rings is 1. The summed E-state index contributed by atoms with van der Waals surface area (Å²) in [5.74, 6) is 0. The molecule has 2 heterocycles. The molecule has 0 aliphatic carbocycles. The standard InChI is InChI=1S/C36H23NS/c1-2-10-26(11-3-1)37-33-16-8-6-14-29(33)31-22-24(18-20-34(31)37)27-12-4-5-13-28(27)25-19-21-36-32(23-25)30-15-7-9-17-35(30)38-36/h1-23H. The van der Waals surface area contributed by atoms with Crippen molar-refractivity contribution in [3.05, 3.63) is 140 Å². The molecule has 0 amide bonds. The molecule has 1 nitrogen and oxygen atoms in total. The van der Waals surface area contributed by atoms with Crippen LogP contribution in [0, 0.1) is 0 Å². The van der Waals surface area contributed by atoms with E-state index in [0.29, 0.717) is 0 Å². The molecule has 0 N–H and O–H groups in total. The zero-order valence-electron chi connectivity index (χ0n) is 20.6. The summed E-state index contributed by atoms with van der Waals surface area (Å²) in [5.41, 5.74) is 8.64. The molecule has 0 fully saturated rings. The molecule has 0 radical (unpaired) electrons. The van der Waals surface area contributed by atoms with E-state index in [-0.39, 0.29) is 0 Å². The summed E-state index contributed by atoms with van der Waals surface area (Å²) in [6, 6.07) is 50.7. The van der Waals surface area contributed by atoms with Gasteiger partial charge in [0.1, 0.15) is 0 Å². The summed E-state index contributed by atoms with van der Waals surface area (Å²) in [4.78, 5) is 0. The van der Waals surface area contributed by atoms with Gasteiger partial charge in [0, 0.05) is 36.6 Å². The normalized spacial score (nSPS) is 11.7. The molecule has 6 aromatic carbocycles. The molecule has 0 saturated carbocycles. The smallest absolute Gasteiger partial charge is 0.0541 e. The van der Waals surface area contributed by atoms with E-state index in [1.54, 1.807) is 0 Å². The quantitative estimate of drug-likeness (QED) is 0.227. The zero-order valence-corrected chi connectivity index (χ0v) is 21.5. The second kappa shape index (κ2) is 8.44. The predicted molar refractivity (Wildman–Crippen MR) is 165 cm³/mol. The Hall–Kier alpha value is -4.66. The van der Waals surface area contributed by atoms with Gasteiger partial charge < -0.3 is 4.57 Å². The Morgan fingerprint density at radius 1 is 0.395 bits per heavy atom. The molecule has 0 spiro atoms. The highest BCUT2D eigenvalue weighted by Gasteiger charge is 2.15. The minimum Gasteiger partial charge on any atom is -0.309 e. The van der Waals surface area contributed by atoms with E-state index in [4.69, 9.17) is 0 Å². The van der Waals surface area contributed by atoms with E-state index in [2.05, 4.69) is 144 Å². The van der Waals surface area contributed by atoms with Crippen LogP contribution in [0.15, 0.2) is 140 Å². The van der Waals surface area contributed by atoms with Crippen molar-refractivity contribution in [3.63, 3.8) is 0 Å². The highest BCUT2D eigenvalue weighted by Crippen LogP contribution is 2.40. The van der Waals surface area contributed by atoms with Crippen LogP contribution in [0.2, 0.25) is 0 Å². The van der Waals surface area contributed by atoms with Crippen molar-refractivity contribution in [3.8, 4) is 27.9 Å². The molecule has 2 heteroatoms. The molecular formula is C36H23NS. The molecule has 178 valence electrons. The number of hydrogen-bond donors (Lipinski definition) is 0. The number of aromatic nitrogens is 1. The van der Waals surface area contributed by atoms with Crippen LogP contribution < -0.4 is 0 Å². The minimum absolute atomic E-state index is 1.18. The third kappa shape index (κ3) is 3.24. The van der Waals surface area contributed by atoms with E-state index >= 15 is 0 Å². The maximum Gasteiger partial charge on any atom is 0.0541 e. The molecule has 0 aliphatic rings. The zero-order chi connectivity index (χ0) is 25.1. The molecule has 8 aromatic rings. The lowest BCUT2D eigenvalue weighted by molar-refractivity contribution is 1.18. The van der Waals surface area contributed by atoms with E-state index in [9.17, 15) is 0 Å². The fourth-order valence-electron chi connectivity index (χ4n) is 5.88. The lowest BCUT2D eigenvalue weighted by atomic mass is 9.93. The molecule has 8 rings (SSSR count). The Morgan fingerprint density at radius 2 is 0.974 bits per heavy atom. The highest BCUT2D eigenvalue weighted by atomic mass is 32.1.